The third-order valence-electron chi connectivity index (χ3n) is 3.84. The van der Waals surface area contributed by atoms with E-state index in [9.17, 15) is 10.2 Å². The summed E-state index contributed by atoms with van der Waals surface area (Å²) in [4.78, 5) is 0. The molecule has 0 unspecified atom stereocenters. The Labute approximate surface area is 156 Å². The van der Waals surface area contributed by atoms with Crippen LogP contribution >= 0.6 is 0 Å². The molecule has 1 heterocycles. The molecule has 0 bridgehead atoms. The summed E-state index contributed by atoms with van der Waals surface area (Å²) < 4.78 is 15.5. The zero-order chi connectivity index (χ0) is 19.2. The molecule has 0 aliphatic rings. The molecular formula is C21H19NO5. The van der Waals surface area contributed by atoms with E-state index in [1.165, 1.54) is 14.2 Å². The van der Waals surface area contributed by atoms with Crippen molar-refractivity contribution in [3.05, 3.63) is 65.0 Å². The monoisotopic (exact) mass is 365 g/mol. The maximum absolute atomic E-state index is 9.62. The molecule has 3 aromatic rings. The van der Waals surface area contributed by atoms with E-state index in [1.54, 1.807) is 54.6 Å². The first-order valence-corrected chi connectivity index (χ1v) is 8.16. The molecular weight excluding hydrogens is 346 g/mol. The van der Waals surface area contributed by atoms with E-state index < -0.39 is 0 Å². The Morgan fingerprint density at radius 1 is 0.778 bits per heavy atom. The van der Waals surface area contributed by atoms with Crippen molar-refractivity contribution in [1.29, 1.82) is 0 Å². The van der Waals surface area contributed by atoms with Gasteiger partial charge in [-0.1, -0.05) is 29.4 Å². The molecule has 6 heteroatoms. The molecule has 2 N–H and O–H groups in total. The first kappa shape index (κ1) is 18.1. The third kappa shape index (κ3) is 4.49. The molecule has 0 spiro atoms. The Bertz CT molecular complexity index is 910. The predicted molar refractivity (Wildman–Crippen MR) is 104 cm³/mol. The number of benzene rings is 2. The van der Waals surface area contributed by atoms with Gasteiger partial charge in [0.25, 0.3) is 0 Å². The van der Waals surface area contributed by atoms with Crippen LogP contribution in [-0.2, 0) is 0 Å². The first-order valence-electron chi connectivity index (χ1n) is 8.16. The number of rotatable bonds is 6. The fraction of sp³-hybridized carbons (Fsp3) is 0.0952. The molecule has 0 atom stereocenters. The highest BCUT2D eigenvalue weighted by Crippen LogP contribution is 2.28. The van der Waals surface area contributed by atoms with Crippen molar-refractivity contribution in [2.24, 2.45) is 0 Å². The molecule has 0 aliphatic carbocycles. The van der Waals surface area contributed by atoms with Crippen molar-refractivity contribution in [1.82, 2.24) is 5.16 Å². The van der Waals surface area contributed by atoms with Gasteiger partial charge in [0.15, 0.2) is 28.8 Å². The van der Waals surface area contributed by atoms with Gasteiger partial charge in [0.1, 0.15) is 5.69 Å². The van der Waals surface area contributed by atoms with Gasteiger partial charge in [-0.2, -0.15) is 0 Å². The zero-order valence-electron chi connectivity index (χ0n) is 14.9. The highest BCUT2D eigenvalue weighted by Gasteiger charge is 2.03. The summed E-state index contributed by atoms with van der Waals surface area (Å²) >= 11 is 0. The molecule has 3 rings (SSSR count). The average molecular weight is 365 g/mol. The number of hydrogen-bond acceptors (Lipinski definition) is 6. The van der Waals surface area contributed by atoms with Gasteiger partial charge in [-0.05, 0) is 47.5 Å². The maximum atomic E-state index is 9.62. The summed E-state index contributed by atoms with van der Waals surface area (Å²) in [6, 6.07) is 11.9. The summed E-state index contributed by atoms with van der Waals surface area (Å²) in [6.07, 6.45) is 7.26. The largest absolute Gasteiger partial charge is 0.504 e. The quantitative estimate of drug-likeness (QED) is 0.672. The molecule has 2 aromatic carbocycles. The summed E-state index contributed by atoms with van der Waals surface area (Å²) in [5.74, 6) is 1.58. The van der Waals surface area contributed by atoms with Gasteiger partial charge in [0, 0.05) is 6.07 Å². The van der Waals surface area contributed by atoms with Crippen molar-refractivity contribution in [2.45, 2.75) is 0 Å². The van der Waals surface area contributed by atoms with Gasteiger partial charge in [-0.15, -0.1) is 0 Å². The van der Waals surface area contributed by atoms with Crippen LogP contribution in [0.25, 0.3) is 24.3 Å². The zero-order valence-corrected chi connectivity index (χ0v) is 14.9. The van der Waals surface area contributed by atoms with Crippen molar-refractivity contribution < 1.29 is 24.2 Å². The molecule has 1 aromatic heterocycles. The van der Waals surface area contributed by atoms with Gasteiger partial charge in [-0.3, -0.25) is 0 Å². The number of nitrogens with zero attached hydrogens (tertiary/aromatic N) is 1. The number of aromatic nitrogens is 1. The number of hydrogen-bond donors (Lipinski definition) is 2. The molecule has 138 valence electrons. The minimum Gasteiger partial charge on any atom is -0.504 e. The molecule has 0 radical (unpaired) electrons. The van der Waals surface area contributed by atoms with E-state index in [2.05, 4.69) is 5.16 Å². The predicted octanol–water partition coefficient (Wildman–Crippen LogP) is 4.44. The Morgan fingerprint density at radius 2 is 1.33 bits per heavy atom. The second-order valence-electron chi connectivity index (χ2n) is 5.68. The van der Waals surface area contributed by atoms with Crippen molar-refractivity contribution in [3.63, 3.8) is 0 Å². The van der Waals surface area contributed by atoms with Crippen LogP contribution in [0.1, 0.15) is 22.6 Å². The van der Waals surface area contributed by atoms with Crippen LogP contribution in [0, 0.1) is 0 Å². The van der Waals surface area contributed by atoms with E-state index in [1.807, 2.05) is 12.2 Å². The third-order valence-corrected chi connectivity index (χ3v) is 3.84. The minimum absolute atomic E-state index is 0.0904. The Kier molecular flexibility index (Phi) is 5.47. The smallest absolute Gasteiger partial charge is 0.161 e. The molecule has 0 aliphatic heterocycles. The maximum Gasteiger partial charge on any atom is 0.161 e. The number of ether oxygens (including phenoxy) is 2. The number of phenolic OH excluding ortho intramolecular Hbond substituents is 2. The second kappa shape index (κ2) is 8.14. The van der Waals surface area contributed by atoms with E-state index in [0.717, 1.165) is 11.1 Å². The molecule has 0 saturated carbocycles. The van der Waals surface area contributed by atoms with Crippen LogP contribution in [0.5, 0.6) is 23.0 Å². The fourth-order valence-corrected chi connectivity index (χ4v) is 2.42. The standard InChI is InChI=1S/C21H19NO5/c1-25-20-11-14(5-9-18(20)23)3-7-16-13-17(27-22-16)8-4-15-6-10-19(24)21(12-15)26-2/h3-13,23-24H,1-2H3/b7-3+,8-4+. The van der Waals surface area contributed by atoms with Gasteiger partial charge in [0.2, 0.25) is 0 Å². The number of methoxy groups -OCH3 is 2. The summed E-state index contributed by atoms with van der Waals surface area (Å²) in [7, 11) is 3.00. The van der Waals surface area contributed by atoms with Crippen molar-refractivity contribution in [2.75, 3.05) is 14.2 Å². The van der Waals surface area contributed by atoms with Gasteiger partial charge < -0.3 is 24.2 Å². The van der Waals surface area contributed by atoms with Crippen molar-refractivity contribution >= 4 is 24.3 Å². The fourth-order valence-electron chi connectivity index (χ4n) is 2.42. The minimum atomic E-state index is 0.0904. The Hall–Kier alpha value is -3.67. The molecule has 27 heavy (non-hydrogen) atoms. The van der Waals surface area contributed by atoms with Gasteiger partial charge >= 0.3 is 0 Å². The molecule has 0 saturated heterocycles. The van der Waals surface area contributed by atoms with E-state index >= 15 is 0 Å². The summed E-state index contributed by atoms with van der Waals surface area (Å²) in [5.41, 5.74) is 2.38. The topological polar surface area (TPSA) is 85.0 Å². The Balaban J connectivity index is 1.71. The highest BCUT2D eigenvalue weighted by molar-refractivity contribution is 5.72. The summed E-state index contributed by atoms with van der Waals surface area (Å²) in [5, 5.41) is 23.2. The van der Waals surface area contributed by atoms with Gasteiger partial charge in [0.05, 0.1) is 14.2 Å². The SMILES string of the molecule is COc1cc(/C=C/c2cc(/C=C/c3ccc(O)c(OC)c3)on2)ccc1O. The lowest BCUT2D eigenvalue weighted by Gasteiger charge is -2.03. The Morgan fingerprint density at radius 3 is 1.89 bits per heavy atom. The normalized spacial score (nSPS) is 11.3. The van der Waals surface area contributed by atoms with Gasteiger partial charge in [-0.25, -0.2) is 0 Å². The van der Waals surface area contributed by atoms with Crippen LogP contribution in [0.15, 0.2) is 47.0 Å². The van der Waals surface area contributed by atoms with Crippen LogP contribution in [0.4, 0.5) is 0 Å². The summed E-state index contributed by atoms with van der Waals surface area (Å²) in [6.45, 7) is 0. The van der Waals surface area contributed by atoms with Crippen LogP contribution < -0.4 is 9.47 Å². The number of phenols is 2. The van der Waals surface area contributed by atoms with E-state index in [0.29, 0.717) is 23.0 Å². The second-order valence-corrected chi connectivity index (χ2v) is 5.68. The van der Waals surface area contributed by atoms with E-state index in [4.69, 9.17) is 14.0 Å². The van der Waals surface area contributed by atoms with E-state index in [-0.39, 0.29) is 11.5 Å². The average Bonchev–Trinajstić information content (AvgIpc) is 3.14. The van der Waals surface area contributed by atoms with Crippen LogP contribution in [0.3, 0.4) is 0 Å². The first-order chi connectivity index (χ1) is 13.1. The lowest BCUT2D eigenvalue weighted by Crippen LogP contribution is -1.84. The number of aromatic hydroxyl groups is 2. The molecule has 6 nitrogen and oxygen atoms in total. The van der Waals surface area contributed by atoms with Crippen LogP contribution in [0.2, 0.25) is 0 Å². The molecule has 0 amide bonds. The van der Waals surface area contributed by atoms with Crippen molar-refractivity contribution in [3.8, 4) is 23.0 Å². The highest BCUT2D eigenvalue weighted by atomic mass is 16.5. The lowest BCUT2D eigenvalue weighted by molar-refractivity contribution is 0.373. The lowest BCUT2D eigenvalue weighted by atomic mass is 10.1. The van der Waals surface area contributed by atoms with Crippen LogP contribution in [-0.4, -0.2) is 29.6 Å². The molecule has 0 fully saturated rings.